The van der Waals surface area contributed by atoms with E-state index < -0.39 is 11.9 Å². The van der Waals surface area contributed by atoms with Gasteiger partial charge in [0.05, 0.1) is 11.1 Å². The number of aliphatic carboxylic acids is 1. The fourth-order valence-electron chi connectivity index (χ4n) is 2.97. The molecule has 3 rings (SSSR count). The standard InChI is InChI=1S/C21H19NO4/c23-20(24)9-5-4-8-18-17(14-6-2-1-3-7-14)12-15-10-11-16(21(25)26)13-19(15)22-18/h1-3,6-7,10-13H,4-5,8-9H2,(H,23,24)(H,25,26). The molecule has 132 valence electrons. The molecule has 0 fully saturated rings. The van der Waals surface area contributed by atoms with Gasteiger partial charge in [0.2, 0.25) is 0 Å². The number of aromatic carboxylic acids is 1. The molecular formula is C21H19NO4. The molecule has 5 heteroatoms. The number of aromatic nitrogens is 1. The first kappa shape index (κ1) is 17.6. The molecule has 0 bridgehead atoms. The Morgan fingerprint density at radius 1 is 0.923 bits per heavy atom. The van der Waals surface area contributed by atoms with E-state index in [1.54, 1.807) is 18.2 Å². The Bertz CT molecular complexity index is 951. The molecule has 1 aromatic heterocycles. The molecular weight excluding hydrogens is 330 g/mol. The Kier molecular flexibility index (Phi) is 5.27. The van der Waals surface area contributed by atoms with E-state index in [1.807, 2.05) is 36.4 Å². The van der Waals surface area contributed by atoms with Crippen molar-refractivity contribution in [3.63, 3.8) is 0 Å². The van der Waals surface area contributed by atoms with Gasteiger partial charge < -0.3 is 10.2 Å². The van der Waals surface area contributed by atoms with Crippen molar-refractivity contribution in [2.45, 2.75) is 25.7 Å². The number of hydrogen-bond acceptors (Lipinski definition) is 3. The number of fused-ring (bicyclic) bond motifs is 1. The number of hydrogen-bond donors (Lipinski definition) is 2. The molecule has 2 aromatic carbocycles. The zero-order valence-corrected chi connectivity index (χ0v) is 14.2. The number of carbonyl (C=O) groups is 2. The number of aryl methyl sites for hydroxylation is 1. The van der Waals surface area contributed by atoms with Gasteiger partial charge in [-0.15, -0.1) is 0 Å². The number of pyridine rings is 1. The predicted molar refractivity (Wildman–Crippen MR) is 99.3 cm³/mol. The SMILES string of the molecule is O=C(O)CCCCc1nc2cc(C(=O)O)ccc2cc1-c1ccccc1. The lowest BCUT2D eigenvalue weighted by molar-refractivity contribution is -0.137. The summed E-state index contributed by atoms with van der Waals surface area (Å²) in [6, 6.07) is 16.8. The van der Waals surface area contributed by atoms with Gasteiger partial charge in [-0.2, -0.15) is 0 Å². The minimum absolute atomic E-state index is 0.136. The van der Waals surface area contributed by atoms with Crippen LogP contribution in [0.25, 0.3) is 22.0 Å². The maximum Gasteiger partial charge on any atom is 0.335 e. The van der Waals surface area contributed by atoms with Crippen molar-refractivity contribution in [1.82, 2.24) is 4.98 Å². The van der Waals surface area contributed by atoms with Crippen molar-refractivity contribution in [2.24, 2.45) is 0 Å². The quantitative estimate of drug-likeness (QED) is 0.617. The smallest absolute Gasteiger partial charge is 0.335 e. The summed E-state index contributed by atoms with van der Waals surface area (Å²) in [6.45, 7) is 0. The first-order valence-electron chi connectivity index (χ1n) is 8.49. The van der Waals surface area contributed by atoms with Crippen LogP contribution in [0.1, 0.15) is 35.3 Å². The molecule has 0 radical (unpaired) electrons. The molecule has 0 saturated carbocycles. The number of carboxylic acid groups (broad SMARTS) is 2. The van der Waals surface area contributed by atoms with Crippen molar-refractivity contribution in [3.8, 4) is 11.1 Å². The van der Waals surface area contributed by atoms with Crippen molar-refractivity contribution >= 4 is 22.8 Å². The van der Waals surface area contributed by atoms with E-state index >= 15 is 0 Å². The fraction of sp³-hybridized carbons (Fsp3) is 0.190. The number of carboxylic acids is 2. The summed E-state index contributed by atoms with van der Waals surface area (Å²) >= 11 is 0. The highest BCUT2D eigenvalue weighted by Gasteiger charge is 2.11. The van der Waals surface area contributed by atoms with Crippen LogP contribution in [0.4, 0.5) is 0 Å². The molecule has 26 heavy (non-hydrogen) atoms. The number of benzene rings is 2. The molecule has 0 aliphatic carbocycles. The molecule has 2 N–H and O–H groups in total. The molecule has 0 atom stereocenters. The molecule has 1 heterocycles. The third-order valence-electron chi connectivity index (χ3n) is 4.28. The van der Waals surface area contributed by atoms with E-state index in [0.29, 0.717) is 24.8 Å². The zero-order valence-electron chi connectivity index (χ0n) is 14.2. The molecule has 0 saturated heterocycles. The molecule has 0 amide bonds. The second-order valence-corrected chi connectivity index (χ2v) is 6.16. The molecule has 0 spiro atoms. The average Bonchev–Trinajstić information content (AvgIpc) is 2.64. The zero-order chi connectivity index (χ0) is 18.5. The van der Waals surface area contributed by atoms with Crippen LogP contribution in [-0.4, -0.2) is 27.1 Å². The lowest BCUT2D eigenvalue weighted by atomic mass is 9.98. The summed E-state index contributed by atoms with van der Waals surface area (Å²) in [7, 11) is 0. The topological polar surface area (TPSA) is 87.5 Å². The van der Waals surface area contributed by atoms with E-state index in [0.717, 1.165) is 22.2 Å². The first-order valence-corrected chi connectivity index (χ1v) is 8.49. The highest BCUT2D eigenvalue weighted by Crippen LogP contribution is 2.28. The second-order valence-electron chi connectivity index (χ2n) is 6.16. The molecule has 5 nitrogen and oxygen atoms in total. The summed E-state index contributed by atoms with van der Waals surface area (Å²) in [5.41, 5.74) is 3.73. The fourth-order valence-corrected chi connectivity index (χ4v) is 2.97. The van der Waals surface area contributed by atoms with Crippen molar-refractivity contribution < 1.29 is 19.8 Å². The summed E-state index contributed by atoms with van der Waals surface area (Å²) in [5.74, 6) is -1.78. The molecule has 3 aromatic rings. The van der Waals surface area contributed by atoms with Gasteiger partial charge in [-0.3, -0.25) is 9.78 Å². The van der Waals surface area contributed by atoms with Gasteiger partial charge in [0.15, 0.2) is 0 Å². The van der Waals surface area contributed by atoms with Crippen LogP contribution in [-0.2, 0) is 11.2 Å². The summed E-state index contributed by atoms with van der Waals surface area (Å²) in [5, 5.41) is 18.9. The summed E-state index contributed by atoms with van der Waals surface area (Å²) < 4.78 is 0. The van der Waals surface area contributed by atoms with Gasteiger partial charge in [-0.05, 0) is 43.0 Å². The van der Waals surface area contributed by atoms with Crippen molar-refractivity contribution in [2.75, 3.05) is 0 Å². The van der Waals surface area contributed by atoms with E-state index in [2.05, 4.69) is 0 Å². The molecule has 0 aliphatic heterocycles. The van der Waals surface area contributed by atoms with Crippen LogP contribution in [0, 0.1) is 0 Å². The molecule has 0 unspecified atom stereocenters. The number of unbranched alkanes of at least 4 members (excludes halogenated alkanes) is 1. The average molecular weight is 349 g/mol. The largest absolute Gasteiger partial charge is 0.481 e. The Hall–Kier alpha value is -3.21. The van der Waals surface area contributed by atoms with Gasteiger partial charge in [0, 0.05) is 23.1 Å². The van der Waals surface area contributed by atoms with Crippen LogP contribution < -0.4 is 0 Å². The third-order valence-corrected chi connectivity index (χ3v) is 4.28. The minimum atomic E-state index is -0.983. The maximum atomic E-state index is 11.2. The van der Waals surface area contributed by atoms with Crippen LogP contribution >= 0.6 is 0 Å². The van der Waals surface area contributed by atoms with Gasteiger partial charge in [-0.1, -0.05) is 36.4 Å². The van der Waals surface area contributed by atoms with E-state index in [1.165, 1.54) is 0 Å². The predicted octanol–water partition coefficient (Wildman–Crippen LogP) is 4.40. The lowest BCUT2D eigenvalue weighted by Gasteiger charge is -2.11. The van der Waals surface area contributed by atoms with Crippen LogP contribution in [0.5, 0.6) is 0 Å². The normalized spacial score (nSPS) is 10.8. The Labute approximate surface area is 150 Å². The Morgan fingerprint density at radius 2 is 1.69 bits per heavy atom. The van der Waals surface area contributed by atoms with Crippen LogP contribution in [0.2, 0.25) is 0 Å². The van der Waals surface area contributed by atoms with E-state index in [4.69, 9.17) is 10.1 Å². The number of nitrogens with zero attached hydrogens (tertiary/aromatic N) is 1. The van der Waals surface area contributed by atoms with E-state index in [-0.39, 0.29) is 12.0 Å². The van der Waals surface area contributed by atoms with Gasteiger partial charge >= 0.3 is 11.9 Å². The summed E-state index contributed by atoms with van der Waals surface area (Å²) in [6.07, 6.45) is 2.07. The third kappa shape index (κ3) is 4.06. The lowest BCUT2D eigenvalue weighted by Crippen LogP contribution is -2.00. The first-order chi connectivity index (χ1) is 12.5. The van der Waals surface area contributed by atoms with Crippen LogP contribution in [0.3, 0.4) is 0 Å². The van der Waals surface area contributed by atoms with Gasteiger partial charge in [-0.25, -0.2) is 4.79 Å². The Morgan fingerprint density at radius 3 is 2.38 bits per heavy atom. The highest BCUT2D eigenvalue weighted by atomic mass is 16.4. The minimum Gasteiger partial charge on any atom is -0.481 e. The number of rotatable bonds is 7. The Balaban J connectivity index is 2.01. The van der Waals surface area contributed by atoms with Gasteiger partial charge in [0.1, 0.15) is 0 Å². The summed E-state index contributed by atoms with van der Waals surface area (Å²) in [4.78, 5) is 26.6. The van der Waals surface area contributed by atoms with Gasteiger partial charge in [0.25, 0.3) is 0 Å². The maximum absolute atomic E-state index is 11.2. The van der Waals surface area contributed by atoms with Crippen molar-refractivity contribution in [1.29, 1.82) is 0 Å². The van der Waals surface area contributed by atoms with E-state index in [9.17, 15) is 14.7 Å². The monoisotopic (exact) mass is 349 g/mol. The van der Waals surface area contributed by atoms with Crippen molar-refractivity contribution in [3.05, 3.63) is 65.9 Å². The molecule has 0 aliphatic rings. The van der Waals surface area contributed by atoms with Crippen LogP contribution in [0.15, 0.2) is 54.6 Å². The highest BCUT2D eigenvalue weighted by molar-refractivity contribution is 5.94. The second kappa shape index (κ2) is 7.78.